The van der Waals surface area contributed by atoms with E-state index in [1.807, 2.05) is 6.92 Å². The predicted molar refractivity (Wildman–Crippen MR) is 76.7 cm³/mol. The summed E-state index contributed by atoms with van der Waals surface area (Å²) in [6.07, 6.45) is 2.10. The Kier molecular flexibility index (Phi) is 4.36. The van der Waals surface area contributed by atoms with E-state index in [4.69, 9.17) is 5.11 Å². The zero-order valence-corrected chi connectivity index (χ0v) is 12.6. The van der Waals surface area contributed by atoms with E-state index in [-0.39, 0.29) is 29.0 Å². The predicted octanol–water partition coefficient (Wildman–Crippen LogP) is 0.998. The van der Waals surface area contributed by atoms with Crippen LogP contribution in [-0.4, -0.2) is 37.8 Å². The maximum atomic E-state index is 12.2. The minimum absolute atomic E-state index is 0.00340. The largest absolute Gasteiger partial charge is 0.478 e. The van der Waals surface area contributed by atoms with Crippen LogP contribution in [0.5, 0.6) is 0 Å². The number of aryl methyl sites for hydroxylation is 1. The number of aliphatic hydroxyl groups excluding tert-OH is 1. The number of carbonyl (C=O) groups is 1. The van der Waals surface area contributed by atoms with Crippen molar-refractivity contribution in [2.45, 2.75) is 31.1 Å². The highest BCUT2D eigenvalue weighted by atomic mass is 32.2. The molecule has 0 bridgehead atoms. The summed E-state index contributed by atoms with van der Waals surface area (Å²) in [6.45, 7) is 1.93. The van der Waals surface area contributed by atoms with Gasteiger partial charge in [0.1, 0.15) is 0 Å². The summed E-state index contributed by atoms with van der Waals surface area (Å²) in [4.78, 5) is 11.1. The number of aliphatic hydroxyl groups is 1. The van der Waals surface area contributed by atoms with Crippen LogP contribution in [0.15, 0.2) is 23.1 Å². The fourth-order valence-corrected chi connectivity index (χ4v) is 3.31. The van der Waals surface area contributed by atoms with Crippen molar-refractivity contribution in [1.29, 1.82) is 0 Å². The van der Waals surface area contributed by atoms with Crippen LogP contribution in [0, 0.1) is 5.41 Å². The van der Waals surface area contributed by atoms with Gasteiger partial charge in [0.2, 0.25) is 10.0 Å². The molecule has 0 unspecified atom stereocenters. The van der Waals surface area contributed by atoms with Gasteiger partial charge in [-0.25, -0.2) is 17.9 Å². The smallest absolute Gasteiger partial charge is 0.336 e. The number of rotatable bonds is 7. The number of nitrogens with one attached hydrogen (secondary N) is 1. The zero-order chi connectivity index (χ0) is 15.7. The van der Waals surface area contributed by atoms with E-state index in [0.717, 1.165) is 12.8 Å². The van der Waals surface area contributed by atoms with Crippen molar-refractivity contribution >= 4 is 16.0 Å². The van der Waals surface area contributed by atoms with Gasteiger partial charge in [-0.3, -0.25) is 0 Å². The van der Waals surface area contributed by atoms with Gasteiger partial charge < -0.3 is 10.2 Å². The maximum absolute atomic E-state index is 12.2. The van der Waals surface area contributed by atoms with Crippen LogP contribution in [0.2, 0.25) is 0 Å². The van der Waals surface area contributed by atoms with Crippen molar-refractivity contribution in [3.8, 4) is 0 Å². The summed E-state index contributed by atoms with van der Waals surface area (Å²) in [5.41, 5.74) is 0.255. The molecule has 21 heavy (non-hydrogen) atoms. The molecule has 0 heterocycles. The summed E-state index contributed by atoms with van der Waals surface area (Å²) >= 11 is 0. The molecule has 7 heteroatoms. The first kappa shape index (κ1) is 15.9. The van der Waals surface area contributed by atoms with E-state index >= 15 is 0 Å². The summed E-state index contributed by atoms with van der Waals surface area (Å²) in [5.74, 6) is -1.14. The summed E-state index contributed by atoms with van der Waals surface area (Å²) in [6, 6.07) is 4.12. The van der Waals surface area contributed by atoms with E-state index in [1.165, 1.54) is 18.2 Å². The summed E-state index contributed by atoms with van der Waals surface area (Å²) in [7, 11) is -3.77. The number of hydrogen-bond donors (Lipinski definition) is 3. The first-order valence-corrected chi connectivity index (χ1v) is 8.29. The van der Waals surface area contributed by atoms with Crippen LogP contribution < -0.4 is 4.72 Å². The molecule has 0 aliphatic heterocycles. The molecule has 1 fully saturated rings. The topological polar surface area (TPSA) is 104 Å². The van der Waals surface area contributed by atoms with Gasteiger partial charge in [0.15, 0.2) is 0 Å². The molecular formula is C14H19NO5S. The second kappa shape index (κ2) is 5.75. The SMILES string of the molecule is CCc1ccc(S(=O)(=O)NCC2(CO)CC2)cc1C(=O)O. The van der Waals surface area contributed by atoms with Gasteiger partial charge in [-0.15, -0.1) is 0 Å². The molecule has 116 valence electrons. The quantitative estimate of drug-likeness (QED) is 0.696. The highest BCUT2D eigenvalue weighted by Gasteiger charge is 2.42. The van der Waals surface area contributed by atoms with Crippen molar-refractivity contribution in [1.82, 2.24) is 4.72 Å². The van der Waals surface area contributed by atoms with Gasteiger partial charge in [0, 0.05) is 18.6 Å². The Morgan fingerprint density at radius 2 is 2.05 bits per heavy atom. The molecule has 1 aromatic carbocycles. The van der Waals surface area contributed by atoms with Gasteiger partial charge in [-0.1, -0.05) is 13.0 Å². The summed E-state index contributed by atoms with van der Waals surface area (Å²) < 4.78 is 26.9. The highest BCUT2D eigenvalue weighted by Crippen LogP contribution is 2.44. The van der Waals surface area contributed by atoms with Gasteiger partial charge in [-0.05, 0) is 37.0 Å². The van der Waals surface area contributed by atoms with Gasteiger partial charge in [0.25, 0.3) is 0 Å². The number of carboxylic acid groups (broad SMARTS) is 1. The van der Waals surface area contributed by atoms with Crippen molar-refractivity contribution in [3.05, 3.63) is 29.3 Å². The Morgan fingerprint density at radius 3 is 2.52 bits per heavy atom. The number of aromatic carboxylic acids is 1. The van der Waals surface area contributed by atoms with Crippen molar-refractivity contribution < 1.29 is 23.4 Å². The molecule has 0 atom stereocenters. The molecular weight excluding hydrogens is 294 g/mol. The monoisotopic (exact) mass is 313 g/mol. The van der Waals surface area contributed by atoms with Crippen LogP contribution in [0.3, 0.4) is 0 Å². The van der Waals surface area contributed by atoms with E-state index < -0.39 is 16.0 Å². The standard InChI is InChI=1S/C14H19NO5S/c1-2-10-3-4-11(7-12(10)13(17)18)21(19,20)15-8-14(9-16)5-6-14/h3-4,7,15-16H,2,5-6,8-9H2,1H3,(H,17,18). The highest BCUT2D eigenvalue weighted by molar-refractivity contribution is 7.89. The number of benzene rings is 1. The molecule has 1 saturated carbocycles. The second-order valence-electron chi connectivity index (χ2n) is 5.46. The lowest BCUT2D eigenvalue weighted by atomic mass is 10.1. The zero-order valence-electron chi connectivity index (χ0n) is 11.8. The third-order valence-corrected chi connectivity index (χ3v) is 5.33. The lowest BCUT2D eigenvalue weighted by Crippen LogP contribution is -2.32. The van der Waals surface area contributed by atoms with E-state index in [2.05, 4.69) is 4.72 Å². The minimum atomic E-state index is -3.77. The van der Waals surface area contributed by atoms with E-state index in [1.54, 1.807) is 0 Å². The number of sulfonamides is 1. The van der Waals surface area contributed by atoms with Gasteiger partial charge in [0.05, 0.1) is 10.5 Å². The number of hydrogen-bond acceptors (Lipinski definition) is 4. The third-order valence-electron chi connectivity index (χ3n) is 3.93. The van der Waals surface area contributed by atoms with Crippen LogP contribution in [-0.2, 0) is 16.4 Å². The van der Waals surface area contributed by atoms with Crippen LogP contribution >= 0.6 is 0 Å². The average Bonchev–Trinajstić information content (AvgIpc) is 3.25. The Balaban J connectivity index is 2.23. The normalized spacial score (nSPS) is 16.7. The molecule has 0 spiro atoms. The lowest BCUT2D eigenvalue weighted by molar-refractivity contribution is 0.0695. The van der Waals surface area contributed by atoms with E-state index in [0.29, 0.717) is 12.0 Å². The molecule has 0 amide bonds. The molecule has 1 aromatic rings. The first-order chi connectivity index (χ1) is 9.83. The Labute approximate surface area is 123 Å². The van der Waals surface area contributed by atoms with Gasteiger partial charge >= 0.3 is 5.97 Å². The molecule has 0 saturated heterocycles. The maximum Gasteiger partial charge on any atom is 0.336 e. The fraction of sp³-hybridized carbons (Fsp3) is 0.500. The minimum Gasteiger partial charge on any atom is -0.478 e. The number of carboxylic acids is 1. The molecule has 0 radical (unpaired) electrons. The Morgan fingerprint density at radius 1 is 1.38 bits per heavy atom. The Hall–Kier alpha value is -1.44. The molecule has 1 aliphatic carbocycles. The molecule has 0 aromatic heterocycles. The van der Waals surface area contributed by atoms with Gasteiger partial charge in [-0.2, -0.15) is 0 Å². The van der Waals surface area contributed by atoms with Crippen LogP contribution in [0.1, 0.15) is 35.7 Å². The van der Waals surface area contributed by atoms with Crippen LogP contribution in [0.4, 0.5) is 0 Å². The molecule has 6 nitrogen and oxygen atoms in total. The second-order valence-corrected chi connectivity index (χ2v) is 7.23. The Bertz CT molecular complexity index is 649. The first-order valence-electron chi connectivity index (χ1n) is 6.80. The third kappa shape index (κ3) is 3.42. The molecule has 3 N–H and O–H groups in total. The van der Waals surface area contributed by atoms with Crippen molar-refractivity contribution in [3.63, 3.8) is 0 Å². The summed E-state index contributed by atoms with van der Waals surface area (Å²) in [5, 5.41) is 18.3. The molecule has 1 aliphatic rings. The lowest BCUT2D eigenvalue weighted by Gasteiger charge is -2.14. The van der Waals surface area contributed by atoms with Crippen molar-refractivity contribution in [2.24, 2.45) is 5.41 Å². The molecule has 2 rings (SSSR count). The average molecular weight is 313 g/mol. The van der Waals surface area contributed by atoms with Crippen LogP contribution in [0.25, 0.3) is 0 Å². The fourth-order valence-electron chi connectivity index (χ4n) is 2.13. The van der Waals surface area contributed by atoms with Crippen molar-refractivity contribution in [2.75, 3.05) is 13.2 Å². The van der Waals surface area contributed by atoms with E-state index in [9.17, 15) is 18.3 Å².